The molecule has 2 aromatic rings. The van der Waals surface area contributed by atoms with Crippen LogP contribution in [0.2, 0.25) is 0 Å². The van der Waals surface area contributed by atoms with Crippen LogP contribution in [-0.2, 0) is 4.79 Å². The van der Waals surface area contributed by atoms with E-state index in [0.717, 1.165) is 5.69 Å². The van der Waals surface area contributed by atoms with E-state index in [1.807, 2.05) is 48.9 Å². The van der Waals surface area contributed by atoms with Crippen LogP contribution in [0.4, 0.5) is 11.5 Å². The molecule has 0 aliphatic carbocycles. The van der Waals surface area contributed by atoms with Crippen molar-refractivity contribution in [3.63, 3.8) is 0 Å². The predicted octanol–water partition coefficient (Wildman–Crippen LogP) is 2.22. The van der Waals surface area contributed by atoms with Crippen LogP contribution >= 0.6 is 0 Å². The van der Waals surface area contributed by atoms with Crippen molar-refractivity contribution in [2.45, 2.75) is 0 Å². The van der Waals surface area contributed by atoms with Gasteiger partial charge in [-0.2, -0.15) is 0 Å². The summed E-state index contributed by atoms with van der Waals surface area (Å²) in [5.74, 6) is 0.714. The van der Waals surface area contributed by atoms with Gasteiger partial charge in [-0.25, -0.2) is 0 Å². The summed E-state index contributed by atoms with van der Waals surface area (Å²) in [5.41, 5.74) is 0.796. The summed E-state index contributed by atoms with van der Waals surface area (Å²) in [7, 11) is 0. The molecule has 1 amide bonds. The lowest BCUT2D eigenvalue weighted by atomic mass is 10.3. The minimum atomic E-state index is 0.714. The summed E-state index contributed by atoms with van der Waals surface area (Å²) in [6, 6.07) is 13.0. The van der Waals surface area contributed by atoms with Crippen LogP contribution < -0.4 is 4.90 Å². The molecule has 1 N–H and O–H groups in total. The van der Waals surface area contributed by atoms with E-state index in [1.165, 1.54) is 4.90 Å². The topological polar surface area (TPSA) is 36.1 Å². The van der Waals surface area contributed by atoms with Gasteiger partial charge in [0, 0.05) is 6.20 Å². The number of nitrogens with zero attached hydrogens (tertiary/aromatic N) is 1. The average molecular weight is 185 g/mol. The van der Waals surface area contributed by atoms with Crippen LogP contribution in [0.15, 0.2) is 48.7 Å². The van der Waals surface area contributed by atoms with Gasteiger partial charge in [0.25, 0.3) is 0 Å². The van der Waals surface area contributed by atoms with E-state index in [1.54, 1.807) is 6.20 Å². The monoisotopic (exact) mass is 185 g/mol. The number of aromatic nitrogens is 1. The normalized spacial score (nSPS) is 9.71. The molecule has 3 nitrogen and oxygen atoms in total. The summed E-state index contributed by atoms with van der Waals surface area (Å²) >= 11 is 0. The second-order valence-electron chi connectivity index (χ2n) is 2.82. The Morgan fingerprint density at radius 1 is 1.07 bits per heavy atom. The first-order valence-electron chi connectivity index (χ1n) is 4.28. The largest absolute Gasteiger partial charge is 0.348 e. The molecule has 0 aliphatic heterocycles. The zero-order valence-corrected chi connectivity index (χ0v) is 7.47. The molecule has 0 unspecified atom stereocenters. The number of hydrogen-bond donors (Lipinski definition) is 1. The molecule has 0 saturated carbocycles. The summed E-state index contributed by atoms with van der Waals surface area (Å²) in [6.07, 6.45) is 3.64. The average Bonchev–Trinajstić information content (AvgIpc) is 2.74. The predicted molar refractivity (Wildman–Crippen MR) is 55.1 cm³/mol. The number of H-pyrrole nitrogens is 1. The molecule has 1 radical (unpaired) electrons. The van der Waals surface area contributed by atoms with Crippen molar-refractivity contribution in [2.75, 3.05) is 4.90 Å². The SMILES string of the molecule is O=[C]N(c1ccccc1)c1ccc[nH]1. The van der Waals surface area contributed by atoms with Gasteiger partial charge in [-0.1, -0.05) is 18.2 Å². The molecule has 14 heavy (non-hydrogen) atoms. The van der Waals surface area contributed by atoms with Crippen LogP contribution in [0, 0.1) is 0 Å². The quantitative estimate of drug-likeness (QED) is 0.731. The second-order valence-corrected chi connectivity index (χ2v) is 2.82. The van der Waals surface area contributed by atoms with Gasteiger partial charge in [0.2, 0.25) is 0 Å². The maximum Gasteiger partial charge on any atom is 0.323 e. The highest BCUT2D eigenvalue weighted by atomic mass is 16.1. The van der Waals surface area contributed by atoms with E-state index in [9.17, 15) is 4.79 Å². The number of rotatable bonds is 3. The first kappa shape index (κ1) is 8.56. The third-order valence-electron chi connectivity index (χ3n) is 1.93. The fourth-order valence-corrected chi connectivity index (χ4v) is 1.28. The lowest BCUT2D eigenvalue weighted by Gasteiger charge is -2.13. The Bertz CT molecular complexity index is 394. The molecule has 3 heteroatoms. The van der Waals surface area contributed by atoms with Crippen molar-refractivity contribution in [3.05, 3.63) is 48.7 Å². The summed E-state index contributed by atoms with van der Waals surface area (Å²) in [4.78, 5) is 15.2. The van der Waals surface area contributed by atoms with E-state index in [0.29, 0.717) is 5.82 Å². The third kappa shape index (κ3) is 1.52. The molecule has 2 rings (SSSR count). The lowest BCUT2D eigenvalue weighted by Crippen LogP contribution is -2.13. The van der Waals surface area contributed by atoms with E-state index >= 15 is 0 Å². The minimum absolute atomic E-state index is 0.714. The fraction of sp³-hybridized carbons (Fsp3) is 0. The maximum atomic E-state index is 10.8. The number of nitrogens with one attached hydrogen (secondary N) is 1. The number of hydrogen-bond acceptors (Lipinski definition) is 1. The van der Waals surface area contributed by atoms with Gasteiger partial charge in [0.05, 0.1) is 5.69 Å². The van der Waals surface area contributed by atoms with Crippen molar-refractivity contribution < 1.29 is 4.79 Å². The van der Waals surface area contributed by atoms with Crippen LogP contribution in [0.5, 0.6) is 0 Å². The summed E-state index contributed by atoms with van der Waals surface area (Å²) < 4.78 is 0. The molecule has 0 bridgehead atoms. The number of carbonyl (C=O) groups excluding carboxylic acids is 1. The highest BCUT2D eigenvalue weighted by Gasteiger charge is 2.08. The molecule has 1 aromatic carbocycles. The molecule has 0 saturated heterocycles. The van der Waals surface area contributed by atoms with Gasteiger partial charge in [-0.05, 0) is 24.3 Å². The first-order chi connectivity index (χ1) is 6.92. The zero-order chi connectivity index (χ0) is 9.80. The number of para-hydroxylation sites is 1. The van der Waals surface area contributed by atoms with Crippen molar-refractivity contribution in [2.24, 2.45) is 0 Å². The number of amides is 1. The molecule has 69 valence electrons. The van der Waals surface area contributed by atoms with Gasteiger partial charge in [0.1, 0.15) is 5.82 Å². The van der Waals surface area contributed by atoms with E-state index in [2.05, 4.69) is 4.98 Å². The number of anilines is 2. The van der Waals surface area contributed by atoms with Crippen LogP contribution in [-0.4, -0.2) is 11.4 Å². The van der Waals surface area contributed by atoms with E-state index in [-0.39, 0.29) is 0 Å². The Morgan fingerprint density at radius 2 is 1.86 bits per heavy atom. The number of aromatic amines is 1. The molecular weight excluding hydrogens is 176 g/mol. The highest BCUT2D eigenvalue weighted by Crippen LogP contribution is 2.20. The molecule has 0 atom stereocenters. The first-order valence-corrected chi connectivity index (χ1v) is 4.28. The highest BCUT2D eigenvalue weighted by molar-refractivity contribution is 5.85. The van der Waals surface area contributed by atoms with Gasteiger partial charge < -0.3 is 4.98 Å². The lowest BCUT2D eigenvalue weighted by molar-refractivity contribution is 0.556. The van der Waals surface area contributed by atoms with E-state index < -0.39 is 0 Å². The molecule has 0 aliphatic rings. The van der Waals surface area contributed by atoms with Crippen LogP contribution in [0.3, 0.4) is 0 Å². The second kappa shape index (κ2) is 3.79. The Labute approximate surface area is 82.0 Å². The molecule has 0 spiro atoms. The maximum absolute atomic E-state index is 10.8. The Balaban J connectivity index is 2.36. The van der Waals surface area contributed by atoms with Gasteiger partial charge >= 0.3 is 6.41 Å². The van der Waals surface area contributed by atoms with Gasteiger partial charge in [-0.15, -0.1) is 0 Å². The minimum Gasteiger partial charge on any atom is -0.348 e. The Hall–Kier alpha value is -2.03. The molecular formula is C11H9N2O. The summed E-state index contributed by atoms with van der Waals surface area (Å²) in [5, 5.41) is 0. The van der Waals surface area contributed by atoms with Crippen molar-refractivity contribution in [3.8, 4) is 0 Å². The van der Waals surface area contributed by atoms with Crippen LogP contribution in [0.1, 0.15) is 0 Å². The van der Waals surface area contributed by atoms with Crippen molar-refractivity contribution >= 4 is 17.9 Å². The summed E-state index contributed by atoms with van der Waals surface area (Å²) in [6.45, 7) is 0. The van der Waals surface area contributed by atoms with Crippen molar-refractivity contribution in [1.29, 1.82) is 0 Å². The number of benzene rings is 1. The Morgan fingerprint density at radius 3 is 2.43 bits per heavy atom. The van der Waals surface area contributed by atoms with Crippen LogP contribution in [0.25, 0.3) is 0 Å². The van der Waals surface area contributed by atoms with E-state index in [4.69, 9.17) is 0 Å². The fourth-order valence-electron chi connectivity index (χ4n) is 1.28. The molecule has 1 aromatic heterocycles. The smallest absolute Gasteiger partial charge is 0.323 e. The Kier molecular flexibility index (Phi) is 2.32. The standard InChI is InChI=1S/C11H9N2O/c14-9-13(11-7-4-8-12-11)10-5-2-1-3-6-10/h1-8,12H. The zero-order valence-electron chi connectivity index (χ0n) is 7.47. The van der Waals surface area contributed by atoms with Gasteiger partial charge in [0.15, 0.2) is 0 Å². The van der Waals surface area contributed by atoms with Crippen molar-refractivity contribution in [1.82, 2.24) is 4.98 Å². The third-order valence-corrected chi connectivity index (χ3v) is 1.93. The van der Waals surface area contributed by atoms with Gasteiger partial charge in [-0.3, -0.25) is 9.69 Å². The molecule has 0 fully saturated rings. The molecule has 1 heterocycles.